The number of ether oxygens (including phenoxy) is 3. The molecule has 1 saturated carbocycles. The molecule has 6 rings (SSSR count). The van der Waals surface area contributed by atoms with Gasteiger partial charge in [-0.1, -0.05) is 16.4 Å². The maximum Gasteiger partial charge on any atom is 0.294 e. The molecule has 2 N–H and O–H groups in total. The van der Waals surface area contributed by atoms with Gasteiger partial charge in [0.1, 0.15) is 11.9 Å². The molecule has 9 nitrogen and oxygen atoms in total. The van der Waals surface area contributed by atoms with Crippen molar-refractivity contribution in [3.8, 4) is 27.2 Å². The minimum atomic E-state index is -1.30. The average Bonchev–Trinajstić information content (AvgIpc) is 3.42. The van der Waals surface area contributed by atoms with Crippen LogP contribution in [0.2, 0.25) is 0 Å². The van der Waals surface area contributed by atoms with E-state index in [4.69, 9.17) is 14.2 Å². The Morgan fingerprint density at radius 3 is 2.73 bits per heavy atom. The Morgan fingerprint density at radius 2 is 2.03 bits per heavy atom. The van der Waals surface area contributed by atoms with Crippen molar-refractivity contribution < 1.29 is 23.7 Å². The number of hydrogen-bond donors (Lipinski definition) is 2. The normalized spacial score (nSPS) is 29.2. The number of fused-ring (bicyclic) bond motifs is 4. The summed E-state index contributed by atoms with van der Waals surface area (Å²) in [4.78, 5) is 0. The summed E-state index contributed by atoms with van der Waals surface area (Å²) in [5, 5.41) is 27.1. The average molecular weight is 476 g/mol. The fraction of sp³-hybridized carbons (Fsp3) is 0.500. The zero-order chi connectivity index (χ0) is 23.2. The van der Waals surface area contributed by atoms with Gasteiger partial charge in [0.2, 0.25) is 0 Å². The molecule has 3 fully saturated rings. The summed E-state index contributed by atoms with van der Waals surface area (Å²) in [6, 6.07) is 6.60. The van der Waals surface area contributed by atoms with E-state index in [1.54, 1.807) is 31.0 Å². The van der Waals surface area contributed by atoms with Gasteiger partial charge in [-0.3, -0.25) is 0 Å². The Balaban J connectivity index is 1.36. The summed E-state index contributed by atoms with van der Waals surface area (Å²) >= 11 is 1.16. The Bertz CT molecular complexity index is 1140. The van der Waals surface area contributed by atoms with Gasteiger partial charge in [0.15, 0.2) is 11.2 Å². The van der Waals surface area contributed by atoms with E-state index in [1.165, 1.54) is 0 Å². The molecule has 0 radical (unpaired) electrons. The van der Waals surface area contributed by atoms with Crippen LogP contribution in [0.25, 0.3) is 16.3 Å². The van der Waals surface area contributed by atoms with Gasteiger partial charge in [0.25, 0.3) is 5.19 Å². The molecule has 3 aliphatic rings. The second-order valence-corrected chi connectivity index (χ2v) is 9.49. The van der Waals surface area contributed by atoms with E-state index in [2.05, 4.69) is 20.6 Å². The fourth-order valence-corrected chi connectivity index (χ4v) is 5.44. The molecule has 3 aromatic rings. The molecule has 11 heteroatoms. The molecule has 0 spiro atoms. The van der Waals surface area contributed by atoms with Crippen LogP contribution in [0, 0.1) is 6.92 Å². The second kappa shape index (κ2) is 8.64. The number of nitrogens with zero attached hydrogens (tertiary/aromatic N) is 4. The van der Waals surface area contributed by atoms with Crippen molar-refractivity contribution >= 4 is 11.3 Å². The topological polar surface area (TPSA) is 104 Å². The molecule has 1 aliphatic carbocycles. The molecule has 176 valence electrons. The zero-order valence-corrected chi connectivity index (χ0v) is 19.4. The van der Waals surface area contributed by atoms with Gasteiger partial charge in [0, 0.05) is 45.9 Å². The van der Waals surface area contributed by atoms with Crippen molar-refractivity contribution in [1.29, 1.82) is 0 Å². The minimum absolute atomic E-state index is 0.0460. The van der Waals surface area contributed by atoms with Gasteiger partial charge in [-0.2, -0.15) is 5.10 Å². The Hall–Kier alpha value is -2.60. The number of rotatable bonds is 6. The lowest BCUT2D eigenvalue weighted by Crippen LogP contribution is -2.58. The lowest BCUT2D eigenvalue weighted by Gasteiger charge is -2.40. The highest BCUT2D eigenvalue weighted by molar-refractivity contribution is 7.16. The quantitative estimate of drug-likeness (QED) is 0.561. The van der Waals surface area contributed by atoms with Crippen LogP contribution in [0.3, 0.4) is 0 Å². The third-order valence-electron chi connectivity index (χ3n) is 6.50. The summed E-state index contributed by atoms with van der Waals surface area (Å²) in [5.74, 6) is 0.0460. The number of piperidine rings is 1. The van der Waals surface area contributed by atoms with Crippen molar-refractivity contribution in [2.45, 2.75) is 49.8 Å². The van der Waals surface area contributed by atoms with Crippen LogP contribution >= 0.6 is 11.3 Å². The number of phenolic OH excluding ortho intramolecular Hbond substituents is 1. The van der Waals surface area contributed by atoms with E-state index in [9.17, 15) is 5.11 Å². The predicted octanol–water partition coefficient (Wildman–Crippen LogP) is 2.66. The van der Waals surface area contributed by atoms with Crippen molar-refractivity contribution in [3.05, 3.63) is 36.2 Å². The fourth-order valence-electron chi connectivity index (χ4n) is 4.66. The third kappa shape index (κ3) is 4.10. The molecule has 5 atom stereocenters. The van der Waals surface area contributed by atoms with Crippen LogP contribution in [0.4, 0.5) is 4.39 Å². The van der Waals surface area contributed by atoms with Crippen LogP contribution in [0.15, 0.2) is 30.5 Å². The van der Waals surface area contributed by atoms with E-state index in [1.807, 2.05) is 25.3 Å². The number of methoxy groups -OCH3 is 2. The summed E-state index contributed by atoms with van der Waals surface area (Å²) in [7, 11) is 3.21. The monoisotopic (exact) mass is 475 g/mol. The molecular formula is C22H26FN5O4S. The zero-order valence-electron chi connectivity index (χ0n) is 18.6. The largest absolute Gasteiger partial charge is 0.507 e. The van der Waals surface area contributed by atoms with Crippen molar-refractivity contribution in [2.24, 2.45) is 0 Å². The van der Waals surface area contributed by atoms with Crippen molar-refractivity contribution in [2.75, 3.05) is 20.8 Å². The van der Waals surface area contributed by atoms with Gasteiger partial charge < -0.3 is 24.6 Å². The van der Waals surface area contributed by atoms with E-state index >= 15 is 4.39 Å². The third-order valence-corrected chi connectivity index (χ3v) is 7.35. The maximum absolute atomic E-state index is 15.4. The molecular weight excluding hydrogens is 449 g/mol. The number of aromatic hydroxyl groups is 1. The van der Waals surface area contributed by atoms with Crippen LogP contribution in [0.5, 0.6) is 10.9 Å². The van der Waals surface area contributed by atoms with Crippen molar-refractivity contribution in [3.63, 3.8) is 0 Å². The lowest BCUT2D eigenvalue weighted by molar-refractivity contribution is -0.0856. The number of aryl methyl sites for hydroxylation is 1. The van der Waals surface area contributed by atoms with Crippen LogP contribution in [-0.2, 0) is 9.47 Å². The summed E-state index contributed by atoms with van der Waals surface area (Å²) in [6.45, 7) is 2.43. The van der Waals surface area contributed by atoms with E-state index in [0.29, 0.717) is 30.0 Å². The number of hydrogen-bond acceptors (Lipinski definition) is 9. The van der Waals surface area contributed by atoms with Gasteiger partial charge in [0.05, 0.1) is 34.7 Å². The number of benzene rings is 1. The van der Waals surface area contributed by atoms with Crippen LogP contribution in [-0.4, -0.2) is 75.9 Å². The first-order valence-corrected chi connectivity index (χ1v) is 11.5. The molecule has 5 unspecified atom stereocenters. The molecule has 2 saturated heterocycles. The number of halogens is 1. The van der Waals surface area contributed by atoms with Crippen LogP contribution in [0.1, 0.15) is 18.5 Å². The first-order valence-electron chi connectivity index (χ1n) is 10.7. The first-order chi connectivity index (χ1) is 15.9. The SMILES string of the molecule is COC1CC2(OC)CNC1C(F)C(Oc1nnc(-c3ccc(-n4ccc(C)n4)cc3O)s1)C2. The number of nitrogens with one attached hydrogen (secondary N) is 1. The molecule has 4 heterocycles. The molecule has 1 aromatic carbocycles. The molecule has 2 bridgehead atoms. The highest BCUT2D eigenvalue weighted by Gasteiger charge is 2.53. The molecule has 0 amide bonds. The summed E-state index contributed by atoms with van der Waals surface area (Å²) < 4.78 is 34.4. The summed E-state index contributed by atoms with van der Waals surface area (Å²) in [6.07, 6.45) is 0.420. The highest BCUT2D eigenvalue weighted by Crippen LogP contribution is 2.40. The van der Waals surface area contributed by atoms with Gasteiger partial charge in [-0.05, 0) is 25.1 Å². The van der Waals surface area contributed by atoms with Gasteiger partial charge >= 0.3 is 0 Å². The maximum atomic E-state index is 15.4. The predicted molar refractivity (Wildman–Crippen MR) is 120 cm³/mol. The number of phenols is 1. The minimum Gasteiger partial charge on any atom is -0.507 e. The number of alkyl halides is 1. The lowest BCUT2D eigenvalue weighted by atomic mass is 9.89. The van der Waals surface area contributed by atoms with Gasteiger partial charge in [-0.15, -0.1) is 5.10 Å². The standard InChI is InChI=1S/C22H26FN5O4S/c1-12-6-7-28(27-12)13-4-5-14(15(29)8-13)20-25-26-21(33-20)32-16-9-22(31-3)10-17(30-2)19(18(16)23)24-11-22/h4-8,16-19,24,29H,9-11H2,1-3H3. The second-order valence-electron chi connectivity index (χ2n) is 8.55. The molecule has 33 heavy (non-hydrogen) atoms. The Kier molecular flexibility index (Phi) is 5.81. The Morgan fingerprint density at radius 1 is 1.21 bits per heavy atom. The summed E-state index contributed by atoms with van der Waals surface area (Å²) in [5.41, 5.74) is 1.55. The molecule has 2 aliphatic heterocycles. The Labute approximate surface area is 194 Å². The van der Waals surface area contributed by atoms with Crippen molar-refractivity contribution in [1.82, 2.24) is 25.3 Å². The highest BCUT2D eigenvalue weighted by atomic mass is 32.1. The van der Waals surface area contributed by atoms with E-state index < -0.39 is 23.9 Å². The first kappa shape index (κ1) is 22.2. The van der Waals surface area contributed by atoms with E-state index in [0.717, 1.165) is 22.7 Å². The van der Waals surface area contributed by atoms with Crippen LogP contribution < -0.4 is 10.1 Å². The number of aromatic nitrogens is 4. The smallest absolute Gasteiger partial charge is 0.294 e. The molecule has 2 aromatic heterocycles. The van der Waals surface area contributed by atoms with E-state index in [-0.39, 0.29) is 17.0 Å². The van der Waals surface area contributed by atoms with Gasteiger partial charge in [-0.25, -0.2) is 9.07 Å².